The highest BCUT2D eigenvalue weighted by atomic mass is 32.2. The van der Waals surface area contributed by atoms with Crippen molar-refractivity contribution in [1.29, 1.82) is 0 Å². The lowest BCUT2D eigenvalue weighted by atomic mass is 9.99. The van der Waals surface area contributed by atoms with E-state index in [4.69, 9.17) is 15.3 Å². The lowest BCUT2D eigenvalue weighted by Gasteiger charge is -2.49. The molecule has 30 heavy (non-hydrogen) atoms. The Labute approximate surface area is 179 Å². The summed E-state index contributed by atoms with van der Waals surface area (Å²) >= 11 is 2.45. The Morgan fingerprint density at radius 3 is 2.90 bits per heavy atom. The second-order valence-corrected chi connectivity index (χ2v) is 8.89. The number of amides is 2. The molecule has 0 spiro atoms. The van der Waals surface area contributed by atoms with Crippen LogP contribution in [0.1, 0.15) is 17.7 Å². The van der Waals surface area contributed by atoms with Crippen LogP contribution in [0.2, 0.25) is 0 Å². The predicted octanol–water partition coefficient (Wildman–Crippen LogP) is -0.00660. The maximum atomic E-state index is 12.8. The number of aliphatic carboxylic acids is 1. The van der Waals surface area contributed by atoms with Crippen LogP contribution in [0.3, 0.4) is 0 Å². The van der Waals surface area contributed by atoms with Gasteiger partial charge in [0.15, 0.2) is 10.8 Å². The van der Waals surface area contributed by atoms with Gasteiger partial charge in [-0.2, -0.15) is 0 Å². The fourth-order valence-corrected chi connectivity index (χ4v) is 5.71. The molecule has 4 heterocycles. The molecule has 13 heteroatoms. The third-order valence-corrected chi connectivity index (χ3v) is 7.10. The minimum Gasteiger partial charge on any atom is -0.477 e. The summed E-state index contributed by atoms with van der Waals surface area (Å²) in [6.45, 7) is 0.575. The van der Waals surface area contributed by atoms with Crippen molar-refractivity contribution in [2.45, 2.75) is 30.4 Å². The van der Waals surface area contributed by atoms with Gasteiger partial charge in [-0.25, -0.2) is 9.78 Å². The first-order chi connectivity index (χ1) is 14.4. The highest BCUT2D eigenvalue weighted by Gasteiger charge is 2.55. The molecule has 0 aromatic carbocycles. The van der Waals surface area contributed by atoms with E-state index in [2.05, 4.69) is 15.5 Å². The van der Waals surface area contributed by atoms with Crippen molar-refractivity contribution in [2.75, 3.05) is 25.2 Å². The van der Waals surface area contributed by atoms with Crippen molar-refractivity contribution >= 4 is 51.7 Å². The van der Waals surface area contributed by atoms with E-state index in [1.165, 1.54) is 30.0 Å². The molecule has 4 N–H and O–H groups in total. The van der Waals surface area contributed by atoms with Crippen LogP contribution < -0.4 is 11.1 Å². The second kappa shape index (κ2) is 8.24. The summed E-state index contributed by atoms with van der Waals surface area (Å²) in [5.41, 5.74) is 6.12. The number of rotatable bonds is 6. The molecule has 0 aliphatic carbocycles. The number of nitrogens with zero attached hydrogens (tertiary/aromatic N) is 3. The average molecular weight is 454 g/mol. The number of carbonyl (C=O) groups excluding carboxylic acids is 2. The Kier molecular flexibility index (Phi) is 5.66. The highest BCUT2D eigenvalue weighted by Crippen LogP contribution is 2.42. The zero-order valence-corrected chi connectivity index (χ0v) is 17.5. The number of ether oxygens (including phenoxy) is 1. The van der Waals surface area contributed by atoms with Gasteiger partial charge in [-0.3, -0.25) is 14.5 Å². The molecule has 11 nitrogen and oxygen atoms in total. The van der Waals surface area contributed by atoms with E-state index in [0.29, 0.717) is 22.8 Å². The van der Waals surface area contributed by atoms with E-state index in [-0.39, 0.29) is 22.6 Å². The summed E-state index contributed by atoms with van der Waals surface area (Å²) in [6.07, 6.45) is 2.68. The maximum Gasteiger partial charge on any atom is 0.352 e. The smallest absolute Gasteiger partial charge is 0.352 e. The van der Waals surface area contributed by atoms with Gasteiger partial charge in [-0.15, -0.1) is 11.8 Å². The van der Waals surface area contributed by atoms with Gasteiger partial charge < -0.3 is 25.7 Å². The third-order valence-electron chi connectivity index (χ3n) is 4.96. The summed E-state index contributed by atoms with van der Waals surface area (Å²) in [7, 11) is 1.29. The van der Waals surface area contributed by atoms with Crippen LogP contribution in [-0.4, -0.2) is 75.5 Å². The number of carboxylic acid groups (broad SMARTS) is 1. The molecule has 0 radical (unpaired) electrons. The standard InChI is InChI=1S/C17H19N5O6S2/c1-27-21-10(9-5-19-17(18)30-9)13(23)20-11-14(24)22-12(16(25)26)7(6-29-15(11)22)8-3-2-4-28-8/h5,8,11,15H,2-4,6H2,1H3,(H2,18,19)(H,20,23)(H,25,26)/b21-10-/t8?,11-,15-/m1/s1. The van der Waals surface area contributed by atoms with Crippen molar-refractivity contribution in [3.8, 4) is 0 Å². The molecule has 4 rings (SSSR count). The lowest BCUT2D eigenvalue weighted by Crippen LogP contribution is -2.71. The summed E-state index contributed by atoms with van der Waals surface area (Å²) in [5, 5.41) is 15.8. The second-order valence-electron chi connectivity index (χ2n) is 6.73. The predicted molar refractivity (Wildman–Crippen MR) is 109 cm³/mol. The van der Waals surface area contributed by atoms with Crippen molar-refractivity contribution in [2.24, 2.45) is 5.16 Å². The number of aromatic nitrogens is 1. The lowest BCUT2D eigenvalue weighted by molar-refractivity contribution is -0.150. The monoisotopic (exact) mass is 453 g/mol. The molecule has 160 valence electrons. The van der Waals surface area contributed by atoms with Gasteiger partial charge in [0.05, 0.1) is 11.0 Å². The number of hydrogen-bond donors (Lipinski definition) is 3. The number of nitrogen functional groups attached to an aromatic ring is 1. The Morgan fingerprint density at radius 2 is 2.30 bits per heavy atom. The molecule has 1 aromatic heterocycles. The molecule has 3 atom stereocenters. The first-order valence-electron chi connectivity index (χ1n) is 9.08. The van der Waals surface area contributed by atoms with Crippen LogP contribution in [0.5, 0.6) is 0 Å². The third kappa shape index (κ3) is 3.52. The van der Waals surface area contributed by atoms with Gasteiger partial charge in [0.25, 0.3) is 11.8 Å². The molecular weight excluding hydrogens is 434 g/mol. The Bertz CT molecular complexity index is 954. The molecule has 0 bridgehead atoms. The molecule has 2 saturated heterocycles. The van der Waals surface area contributed by atoms with Gasteiger partial charge in [-0.1, -0.05) is 16.5 Å². The van der Waals surface area contributed by atoms with E-state index in [1.54, 1.807) is 0 Å². The Morgan fingerprint density at radius 1 is 1.50 bits per heavy atom. The van der Waals surface area contributed by atoms with Crippen LogP contribution in [-0.2, 0) is 24.0 Å². The summed E-state index contributed by atoms with van der Waals surface area (Å²) < 4.78 is 5.63. The molecular formula is C17H19N5O6S2. The topological polar surface area (TPSA) is 156 Å². The Hall–Kier alpha value is -2.64. The van der Waals surface area contributed by atoms with Crippen LogP contribution >= 0.6 is 23.1 Å². The fraction of sp³-hybridized carbons (Fsp3) is 0.471. The van der Waals surface area contributed by atoms with Crippen molar-refractivity contribution < 1.29 is 29.1 Å². The summed E-state index contributed by atoms with van der Waals surface area (Å²) in [6, 6.07) is -0.879. The van der Waals surface area contributed by atoms with Crippen LogP contribution in [0.4, 0.5) is 5.13 Å². The summed E-state index contributed by atoms with van der Waals surface area (Å²) in [5.74, 6) is -1.89. The van der Waals surface area contributed by atoms with Crippen LogP contribution in [0, 0.1) is 0 Å². The molecule has 2 fully saturated rings. The average Bonchev–Trinajstić information content (AvgIpc) is 3.40. The van der Waals surface area contributed by atoms with E-state index < -0.39 is 29.2 Å². The van der Waals surface area contributed by atoms with Gasteiger partial charge >= 0.3 is 5.97 Å². The highest BCUT2D eigenvalue weighted by molar-refractivity contribution is 8.00. The maximum absolute atomic E-state index is 12.8. The summed E-state index contributed by atoms with van der Waals surface area (Å²) in [4.78, 5) is 47.7. The minimum atomic E-state index is -1.18. The van der Waals surface area contributed by atoms with Gasteiger partial charge in [0, 0.05) is 18.6 Å². The van der Waals surface area contributed by atoms with Crippen molar-refractivity contribution in [1.82, 2.24) is 15.2 Å². The number of fused-ring (bicyclic) bond motifs is 1. The van der Waals surface area contributed by atoms with E-state index in [1.807, 2.05) is 0 Å². The van der Waals surface area contributed by atoms with E-state index >= 15 is 0 Å². The van der Waals surface area contributed by atoms with Gasteiger partial charge in [0.1, 0.15) is 24.2 Å². The minimum absolute atomic E-state index is 0.0397. The molecule has 2 amide bonds. The first-order valence-corrected chi connectivity index (χ1v) is 10.9. The number of hydrogen-bond acceptors (Lipinski definition) is 10. The quantitative estimate of drug-likeness (QED) is 0.306. The largest absolute Gasteiger partial charge is 0.477 e. The van der Waals surface area contributed by atoms with Crippen LogP contribution in [0.15, 0.2) is 22.6 Å². The van der Waals surface area contributed by atoms with Crippen molar-refractivity contribution in [3.63, 3.8) is 0 Å². The number of anilines is 1. The molecule has 0 saturated carbocycles. The first kappa shape index (κ1) is 20.6. The van der Waals surface area contributed by atoms with E-state index in [0.717, 1.165) is 24.2 Å². The Balaban J connectivity index is 1.53. The fourth-order valence-electron chi connectivity index (χ4n) is 3.64. The number of β-lactam (4-membered cyclic amide) rings is 1. The molecule has 3 aliphatic heterocycles. The SMILES string of the molecule is CO/N=C(\C(=O)N[C@@H]1C(=O)N2C(C(=O)O)=C(C3CCCO3)CS[C@H]12)c1cnc(N)s1. The number of oxime groups is 1. The zero-order valence-electron chi connectivity index (χ0n) is 15.9. The van der Waals surface area contributed by atoms with Gasteiger partial charge in [0.2, 0.25) is 0 Å². The van der Waals surface area contributed by atoms with Gasteiger partial charge in [-0.05, 0) is 18.4 Å². The zero-order chi connectivity index (χ0) is 21.4. The number of nitrogens with one attached hydrogen (secondary N) is 1. The molecule has 1 aromatic rings. The molecule has 1 unspecified atom stereocenters. The number of carbonyl (C=O) groups is 3. The number of thiazole rings is 1. The number of nitrogens with two attached hydrogens (primary N) is 1. The molecule has 3 aliphatic rings. The van der Waals surface area contributed by atoms with E-state index in [9.17, 15) is 19.5 Å². The normalized spacial score (nSPS) is 26.3. The van der Waals surface area contributed by atoms with Crippen LogP contribution in [0.25, 0.3) is 0 Å². The number of thioether (sulfide) groups is 1. The van der Waals surface area contributed by atoms with Crippen molar-refractivity contribution in [3.05, 3.63) is 22.3 Å². The number of carboxylic acids is 1.